The van der Waals surface area contributed by atoms with Gasteiger partial charge in [0.2, 0.25) is 5.91 Å². The van der Waals surface area contributed by atoms with Crippen molar-refractivity contribution in [1.29, 1.82) is 0 Å². The van der Waals surface area contributed by atoms with Gasteiger partial charge in [-0.05, 0) is 93.7 Å². The quantitative estimate of drug-likeness (QED) is 0.378. The predicted octanol–water partition coefficient (Wildman–Crippen LogP) is 4.89. The molecular formula is C31H40N2O7. The van der Waals surface area contributed by atoms with Gasteiger partial charge in [-0.15, -0.1) is 0 Å². The minimum absolute atomic E-state index is 0.150. The van der Waals surface area contributed by atoms with Crippen LogP contribution >= 0.6 is 0 Å². The monoisotopic (exact) mass is 552 g/mol. The number of hydrogen-bond donors (Lipinski definition) is 3. The average molecular weight is 553 g/mol. The summed E-state index contributed by atoms with van der Waals surface area (Å²) in [6.45, 7) is 7.87. The van der Waals surface area contributed by atoms with E-state index in [0.717, 1.165) is 35.1 Å². The molecule has 2 aromatic carbocycles. The van der Waals surface area contributed by atoms with Gasteiger partial charge in [-0.25, -0.2) is 14.4 Å². The third kappa shape index (κ3) is 8.83. The Labute approximate surface area is 235 Å². The van der Waals surface area contributed by atoms with Crippen LogP contribution in [0.3, 0.4) is 0 Å². The van der Waals surface area contributed by atoms with E-state index in [1.54, 1.807) is 12.1 Å². The molecule has 216 valence electrons. The van der Waals surface area contributed by atoms with Gasteiger partial charge in [-0.1, -0.05) is 30.3 Å². The molecule has 0 saturated heterocycles. The van der Waals surface area contributed by atoms with Crippen molar-refractivity contribution in [3.8, 4) is 11.1 Å². The molecule has 2 amide bonds. The molecule has 1 aliphatic rings. The van der Waals surface area contributed by atoms with Crippen LogP contribution in [0, 0.1) is 18.8 Å². The summed E-state index contributed by atoms with van der Waals surface area (Å²) < 4.78 is 10.1. The van der Waals surface area contributed by atoms with E-state index >= 15 is 0 Å². The van der Waals surface area contributed by atoms with Crippen LogP contribution in [0.2, 0.25) is 0 Å². The molecule has 0 unspecified atom stereocenters. The summed E-state index contributed by atoms with van der Waals surface area (Å²) in [6, 6.07) is 11.7. The fraction of sp³-hybridized carbons (Fsp3) is 0.484. The summed E-state index contributed by atoms with van der Waals surface area (Å²) in [5.41, 5.74) is 3.44. The van der Waals surface area contributed by atoms with Crippen LogP contribution in [-0.4, -0.2) is 54.3 Å². The van der Waals surface area contributed by atoms with E-state index in [-0.39, 0.29) is 24.2 Å². The number of esters is 1. The lowest BCUT2D eigenvalue weighted by Crippen LogP contribution is -2.46. The maximum absolute atomic E-state index is 12.9. The van der Waals surface area contributed by atoms with Crippen molar-refractivity contribution in [3.05, 3.63) is 59.2 Å². The van der Waals surface area contributed by atoms with E-state index in [1.807, 2.05) is 58.0 Å². The number of carboxylic acid groups (broad SMARTS) is 1. The molecule has 1 saturated carbocycles. The molecule has 2 aromatic rings. The van der Waals surface area contributed by atoms with Crippen molar-refractivity contribution >= 4 is 23.9 Å². The summed E-state index contributed by atoms with van der Waals surface area (Å²) in [6.07, 6.45) is 2.51. The predicted molar refractivity (Wildman–Crippen MR) is 151 cm³/mol. The largest absolute Gasteiger partial charge is 0.480 e. The minimum Gasteiger partial charge on any atom is -0.480 e. The van der Waals surface area contributed by atoms with Gasteiger partial charge in [0.05, 0.1) is 12.7 Å². The van der Waals surface area contributed by atoms with Crippen LogP contribution in [-0.2, 0) is 25.5 Å². The number of benzene rings is 2. The second-order valence-electron chi connectivity index (χ2n) is 11.4. The van der Waals surface area contributed by atoms with Gasteiger partial charge < -0.3 is 25.2 Å². The van der Waals surface area contributed by atoms with Crippen LogP contribution in [0.1, 0.15) is 67.9 Å². The molecule has 3 N–H and O–H groups in total. The molecular weight excluding hydrogens is 512 g/mol. The maximum atomic E-state index is 12.9. The van der Waals surface area contributed by atoms with Crippen LogP contribution in [0.15, 0.2) is 42.5 Å². The lowest BCUT2D eigenvalue weighted by molar-refractivity contribution is -0.142. The van der Waals surface area contributed by atoms with Gasteiger partial charge in [-0.3, -0.25) is 4.79 Å². The third-order valence-electron chi connectivity index (χ3n) is 7.13. The van der Waals surface area contributed by atoms with E-state index in [1.165, 1.54) is 7.11 Å². The fourth-order valence-electron chi connectivity index (χ4n) is 4.89. The Morgan fingerprint density at radius 2 is 1.65 bits per heavy atom. The molecule has 0 bridgehead atoms. The molecule has 0 heterocycles. The summed E-state index contributed by atoms with van der Waals surface area (Å²) in [7, 11) is 1.34. The molecule has 1 aliphatic carbocycles. The SMILES string of the molecule is COC(=O)c1ccc(C)c(-c2ccc(C[C@H](NC(=O)[C@H]3CC[C@H](CNC(=O)OC(C)(C)C)CC3)C(=O)O)cc2)c1. The Hall–Kier alpha value is -3.88. The van der Waals surface area contributed by atoms with Crippen molar-refractivity contribution in [3.63, 3.8) is 0 Å². The maximum Gasteiger partial charge on any atom is 0.407 e. The number of carboxylic acids is 1. The molecule has 0 spiro atoms. The molecule has 0 aromatic heterocycles. The Morgan fingerprint density at radius 1 is 1.00 bits per heavy atom. The number of rotatable bonds is 9. The number of carbonyl (C=O) groups is 4. The number of nitrogens with one attached hydrogen (secondary N) is 2. The minimum atomic E-state index is -1.09. The molecule has 1 fully saturated rings. The number of methoxy groups -OCH3 is 1. The first kappa shape index (κ1) is 30.7. The molecule has 1 atom stereocenters. The smallest absolute Gasteiger partial charge is 0.407 e. The molecule has 0 radical (unpaired) electrons. The van der Waals surface area contributed by atoms with E-state index in [2.05, 4.69) is 10.6 Å². The Morgan fingerprint density at radius 3 is 2.23 bits per heavy atom. The normalized spacial score (nSPS) is 17.8. The lowest BCUT2D eigenvalue weighted by Gasteiger charge is -2.29. The van der Waals surface area contributed by atoms with E-state index in [9.17, 15) is 24.3 Å². The first-order valence-electron chi connectivity index (χ1n) is 13.6. The number of aliphatic carboxylic acids is 1. The van der Waals surface area contributed by atoms with Crippen molar-refractivity contribution in [1.82, 2.24) is 10.6 Å². The van der Waals surface area contributed by atoms with Gasteiger partial charge in [0.15, 0.2) is 0 Å². The highest BCUT2D eigenvalue weighted by molar-refractivity contribution is 5.91. The Kier molecular flexibility index (Phi) is 10.3. The Bertz CT molecular complexity index is 1210. The Balaban J connectivity index is 1.54. The standard InChI is InChI=1S/C31H40N2O7/c1-19-6-11-24(29(37)39-5)17-25(19)22-12-7-20(8-13-22)16-26(28(35)36)33-27(34)23-14-9-21(10-15-23)18-32-30(38)40-31(2,3)4/h6-8,11-13,17,21,23,26H,9-10,14-16,18H2,1-5H3,(H,32,38)(H,33,34)(H,35,36)/t21-,23-,26-/m0/s1. The van der Waals surface area contributed by atoms with Crippen molar-refractivity contribution in [2.75, 3.05) is 13.7 Å². The van der Waals surface area contributed by atoms with Crippen molar-refractivity contribution in [2.45, 2.75) is 71.4 Å². The molecule has 9 nitrogen and oxygen atoms in total. The summed E-state index contributed by atoms with van der Waals surface area (Å²) >= 11 is 0. The topological polar surface area (TPSA) is 131 Å². The van der Waals surface area contributed by atoms with Crippen LogP contribution in [0.4, 0.5) is 4.79 Å². The summed E-state index contributed by atoms with van der Waals surface area (Å²) in [4.78, 5) is 48.7. The lowest BCUT2D eigenvalue weighted by atomic mass is 9.81. The molecule has 40 heavy (non-hydrogen) atoms. The highest BCUT2D eigenvalue weighted by atomic mass is 16.6. The first-order chi connectivity index (χ1) is 18.9. The number of amides is 2. The fourth-order valence-corrected chi connectivity index (χ4v) is 4.89. The molecule has 3 rings (SSSR count). The third-order valence-corrected chi connectivity index (χ3v) is 7.13. The number of aryl methyl sites for hydroxylation is 1. The van der Waals surface area contributed by atoms with E-state index in [0.29, 0.717) is 24.9 Å². The van der Waals surface area contributed by atoms with Crippen LogP contribution < -0.4 is 10.6 Å². The summed E-state index contributed by atoms with van der Waals surface area (Å²) in [5.74, 6) is -1.76. The van der Waals surface area contributed by atoms with E-state index in [4.69, 9.17) is 9.47 Å². The van der Waals surface area contributed by atoms with Crippen molar-refractivity contribution < 1.29 is 33.8 Å². The molecule has 9 heteroatoms. The van der Waals surface area contributed by atoms with Crippen LogP contribution in [0.5, 0.6) is 0 Å². The zero-order valence-corrected chi connectivity index (χ0v) is 23.9. The number of hydrogen-bond acceptors (Lipinski definition) is 6. The van der Waals surface area contributed by atoms with Gasteiger partial charge in [-0.2, -0.15) is 0 Å². The highest BCUT2D eigenvalue weighted by Crippen LogP contribution is 2.29. The zero-order valence-electron chi connectivity index (χ0n) is 23.9. The molecule has 0 aliphatic heterocycles. The highest BCUT2D eigenvalue weighted by Gasteiger charge is 2.30. The van der Waals surface area contributed by atoms with Crippen molar-refractivity contribution in [2.24, 2.45) is 11.8 Å². The summed E-state index contributed by atoms with van der Waals surface area (Å²) in [5, 5.41) is 15.3. The second-order valence-corrected chi connectivity index (χ2v) is 11.4. The average Bonchev–Trinajstić information content (AvgIpc) is 2.91. The number of alkyl carbamates (subject to hydrolysis) is 1. The zero-order chi connectivity index (χ0) is 29.4. The van der Waals surface area contributed by atoms with Crippen LogP contribution in [0.25, 0.3) is 11.1 Å². The van der Waals surface area contributed by atoms with Gasteiger partial charge in [0, 0.05) is 18.9 Å². The van der Waals surface area contributed by atoms with Gasteiger partial charge >= 0.3 is 18.0 Å². The van der Waals surface area contributed by atoms with Gasteiger partial charge in [0.25, 0.3) is 0 Å². The second kappa shape index (κ2) is 13.5. The van der Waals surface area contributed by atoms with E-state index < -0.39 is 29.7 Å². The first-order valence-corrected chi connectivity index (χ1v) is 13.6. The van der Waals surface area contributed by atoms with Gasteiger partial charge in [0.1, 0.15) is 11.6 Å². The number of ether oxygens (including phenoxy) is 2. The number of carbonyl (C=O) groups excluding carboxylic acids is 3.